The molecule has 1 aromatic heterocycles. The number of ether oxygens (including phenoxy) is 1. The molecular weight excluding hydrogens is 387 g/mol. The largest absolute Gasteiger partial charge is 0.466 e. The van der Waals surface area contributed by atoms with Crippen molar-refractivity contribution in [3.05, 3.63) is 40.4 Å². The number of carbonyl (C=O) groups excluding carboxylic acids is 1. The van der Waals surface area contributed by atoms with Gasteiger partial charge in [0.1, 0.15) is 0 Å². The van der Waals surface area contributed by atoms with Gasteiger partial charge in [0.05, 0.1) is 30.5 Å². The summed E-state index contributed by atoms with van der Waals surface area (Å²) < 4.78 is 44.3. The maximum Gasteiger partial charge on any atom is 0.417 e. The van der Waals surface area contributed by atoms with Crippen molar-refractivity contribution in [2.45, 2.75) is 24.4 Å². The first-order valence-electron chi connectivity index (χ1n) is 7.47. The Morgan fingerprint density at radius 1 is 1.46 bits per heavy atom. The molecule has 0 radical (unpaired) electrons. The fourth-order valence-electron chi connectivity index (χ4n) is 1.98. The zero-order valence-corrected chi connectivity index (χ0v) is 15.6. The number of thiazole rings is 1. The Morgan fingerprint density at radius 3 is 2.88 bits per heavy atom. The van der Waals surface area contributed by atoms with Crippen LogP contribution >= 0.6 is 23.1 Å². The first-order chi connectivity index (χ1) is 12.3. The SMILES string of the molecule is CCOC(=O)Cc1csc(NN=Cc2ccc(SC)cc2C(F)(F)F)n1. The molecule has 0 bridgehead atoms. The van der Waals surface area contributed by atoms with Crippen LogP contribution in [0.5, 0.6) is 0 Å². The van der Waals surface area contributed by atoms with Crippen LogP contribution in [0.1, 0.15) is 23.7 Å². The van der Waals surface area contributed by atoms with Gasteiger partial charge in [0.2, 0.25) is 5.13 Å². The summed E-state index contributed by atoms with van der Waals surface area (Å²) in [6.45, 7) is 2.00. The minimum Gasteiger partial charge on any atom is -0.466 e. The van der Waals surface area contributed by atoms with Crippen molar-refractivity contribution in [3.8, 4) is 0 Å². The Balaban J connectivity index is 2.07. The Kier molecular flexibility index (Phi) is 7.04. The number of aromatic nitrogens is 1. The lowest BCUT2D eigenvalue weighted by atomic mass is 10.1. The lowest BCUT2D eigenvalue weighted by Crippen LogP contribution is -2.09. The molecule has 1 N–H and O–H groups in total. The number of benzene rings is 1. The van der Waals surface area contributed by atoms with Gasteiger partial charge in [-0.05, 0) is 25.3 Å². The molecule has 26 heavy (non-hydrogen) atoms. The van der Waals surface area contributed by atoms with Crippen molar-refractivity contribution in [3.63, 3.8) is 0 Å². The summed E-state index contributed by atoms with van der Waals surface area (Å²) in [6, 6.07) is 4.06. The standard InChI is InChI=1S/C16H16F3N3O2S2/c1-3-24-14(23)6-11-9-26-15(21-11)22-20-8-10-4-5-12(25-2)7-13(10)16(17,18)19/h4-5,7-9H,3,6H2,1-2H3,(H,21,22). The number of hydrogen-bond acceptors (Lipinski definition) is 7. The van der Waals surface area contributed by atoms with Gasteiger partial charge in [0.15, 0.2) is 0 Å². The van der Waals surface area contributed by atoms with Crippen LogP contribution in [-0.2, 0) is 22.1 Å². The second-order valence-corrected chi connectivity index (χ2v) is 6.68. The van der Waals surface area contributed by atoms with E-state index in [4.69, 9.17) is 4.74 Å². The van der Waals surface area contributed by atoms with E-state index in [-0.39, 0.29) is 18.6 Å². The molecular formula is C16H16F3N3O2S2. The van der Waals surface area contributed by atoms with Crippen molar-refractivity contribution in [2.75, 3.05) is 18.3 Å². The second-order valence-electron chi connectivity index (χ2n) is 4.95. The molecule has 0 aliphatic carbocycles. The van der Waals surface area contributed by atoms with Crippen LogP contribution in [-0.4, -0.2) is 30.0 Å². The molecule has 10 heteroatoms. The number of carbonyl (C=O) groups is 1. The molecule has 0 saturated carbocycles. The quantitative estimate of drug-likeness (QED) is 0.321. The molecule has 1 heterocycles. The van der Waals surface area contributed by atoms with Gasteiger partial charge < -0.3 is 4.74 Å². The molecule has 0 fully saturated rings. The van der Waals surface area contributed by atoms with Crippen LogP contribution in [0.4, 0.5) is 18.3 Å². The highest BCUT2D eigenvalue weighted by atomic mass is 32.2. The fourth-order valence-corrected chi connectivity index (χ4v) is 3.08. The van der Waals surface area contributed by atoms with E-state index in [2.05, 4.69) is 15.5 Å². The zero-order chi connectivity index (χ0) is 19.2. The molecule has 0 atom stereocenters. The Morgan fingerprint density at radius 2 is 2.23 bits per heavy atom. The number of anilines is 1. The Labute approximate surface area is 156 Å². The third kappa shape index (κ3) is 5.73. The average Bonchev–Trinajstić information content (AvgIpc) is 3.01. The highest BCUT2D eigenvalue weighted by molar-refractivity contribution is 7.98. The van der Waals surface area contributed by atoms with Crippen molar-refractivity contribution in [1.29, 1.82) is 0 Å². The van der Waals surface area contributed by atoms with E-state index in [0.29, 0.717) is 15.7 Å². The van der Waals surface area contributed by atoms with Gasteiger partial charge in [-0.3, -0.25) is 10.2 Å². The topological polar surface area (TPSA) is 63.6 Å². The second kappa shape index (κ2) is 9.04. The van der Waals surface area contributed by atoms with Crippen LogP contribution in [0.25, 0.3) is 0 Å². The van der Waals surface area contributed by atoms with E-state index in [1.165, 1.54) is 29.2 Å². The van der Waals surface area contributed by atoms with Gasteiger partial charge >= 0.3 is 12.1 Å². The summed E-state index contributed by atoms with van der Waals surface area (Å²) in [6.07, 6.45) is -1.63. The zero-order valence-electron chi connectivity index (χ0n) is 14.0. The summed E-state index contributed by atoms with van der Waals surface area (Å²) >= 11 is 2.42. The summed E-state index contributed by atoms with van der Waals surface area (Å²) in [5, 5.41) is 5.85. The van der Waals surface area contributed by atoms with Gasteiger partial charge in [-0.25, -0.2) is 4.98 Å². The van der Waals surface area contributed by atoms with Gasteiger partial charge in [-0.15, -0.1) is 23.1 Å². The number of rotatable bonds is 7. The third-order valence-corrected chi connectivity index (χ3v) is 4.63. The van der Waals surface area contributed by atoms with Crippen LogP contribution in [0.2, 0.25) is 0 Å². The number of hydrazone groups is 1. The minimum absolute atomic E-state index is 0.0318. The van der Waals surface area contributed by atoms with Crippen molar-refractivity contribution < 1.29 is 22.7 Å². The Bertz CT molecular complexity index is 791. The van der Waals surface area contributed by atoms with Crippen molar-refractivity contribution >= 4 is 40.4 Å². The van der Waals surface area contributed by atoms with Crippen LogP contribution in [0.3, 0.4) is 0 Å². The van der Waals surface area contributed by atoms with Crippen LogP contribution in [0, 0.1) is 0 Å². The summed E-state index contributed by atoms with van der Waals surface area (Å²) in [5.74, 6) is -0.392. The average molecular weight is 403 g/mol. The van der Waals surface area contributed by atoms with E-state index in [0.717, 1.165) is 12.3 Å². The van der Waals surface area contributed by atoms with Crippen LogP contribution < -0.4 is 5.43 Å². The van der Waals surface area contributed by atoms with E-state index >= 15 is 0 Å². The molecule has 140 valence electrons. The molecule has 5 nitrogen and oxygen atoms in total. The van der Waals surface area contributed by atoms with E-state index in [1.54, 1.807) is 24.6 Å². The smallest absolute Gasteiger partial charge is 0.417 e. The maximum absolute atomic E-state index is 13.2. The normalized spacial score (nSPS) is 11.7. The number of nitrogens with zero attached hydrogens (tertiary/aromatic N) is 2. The summed E-state index contributed by atoms with van der Waals surface area (Å²) in [4.78, 5) is 16.0. The molecule has 0 aliphatic heterocycles. The fraction of sp³-hybridized carbons (Fsp3) is 0.312. The monoisotopic (exact) mass is 403 g/mol. The van der Waals surface area contributed by atoms with E-state index < -0.39 is 17.7 Å². The first-order valence-corrected chi connectivity index (χ1v) is 9.58. The van der Waals surface area contributed by atoms with Gasteiger partial charge in [0.25, 0.3) is 0 Å². The first kappa shape index (κ1) is 20.2. The van der Waals surface area contributed by atoms with Gasteiger partial charge in [-0.1, -0.05) is 6.07 Å². The molecule has 0 saturated heterocycles. The molecule has 0 amide bonds. The summed E-state index contributed by atoms with van der Waals surface area (Å²) in [7, 11) is 0. The van der Waals surface area contributed by atoms with Gasteiger partial charge in [0, 0.05) is 15.8 Å². The van der Waals surface area contributed by atoms with Crippen LogP contribution in [0.15, 0.2) is 33.6 Å². The van der Waals surface area contributed by atoms with E-state index in [9.17, 15) is 18.0 Å². The number of nitrogens with one attached hydrogen (secondary N) is 1. The summed E-state index contributed by atoms with van der Waals surface area (Å²) in [5.41, 5.74) is 2.28. The minimum atomic E-state index is -4.47. The Hall–Kier alpha value is -2.07. The lowest BCUT2D eigenvalue weighted by molar-refractivity contribution is -0.142. The van der Waals surface area contributed by atoms with Crippen molar-refractivity contribution in [1.82, 2.24) is 4.98 Å². The predicted octanol–water partition coefficient (Wildman–Crippen LogP) is 4.44. The van der Waals surface area contributed by atoms with Gasteiger partial charge in [-0.2, -0.15) is 18.3 Å². The number of esters is 1. The van der Waals surface area contributed by atoms with Crippen molar-refractivity contribution in [2.24, 2.45) is 5.10 Å². The predicted molar refractivity (Wildman–Crippen MR) is 96.9 cm³/mol. The number of thioether (sulfide) groups is 1. The highest BCUT2D eigenvalue weighted by Gasteiger charge is 2.33. The number of alkyl halides is 3. The molecule has 0 aliphatic rings. The molecule has 0 spiro atoms. The molecule has 2 rings (SSSR count). The highest BCUT2D eigenvalue weighted by Crippen LogP contribution is 2.33. The maximum atomic E-state index is 13.2. The number of hydrogen-bond donors (Lipinski definition) is 1. The number of halogens is 3. The molecule has 2 aromatic rings. The third-order valence-electron chi connectivity index (χ3n) is 3.11. The lowest BCUT2D eigenvalue weighted by Gasteiger charge is -2.11. The van der Waals surface area contributed by atoms with E-state index in [1.807, 2.05) is 0 Å². The molecule has 0 unspecified atom stereocenters. The molecule has 1 aromatic carbocycles.